The largest absolute Gasteiger partial charge is 0.368 e. The molecular weight excluding hydrogens is 364 g/mol. The lowest BCUT2D eigenvalue weighted by molar-refractivity contribution is -0.123. The predicted octanol–water partition coefficient (Wildman–Crippen LogP) is 2.93. The van der Waals surface area contributed by atoms with Crippen LogP contribution in [0.15, 0.2) is 17.3 Å². The summed E-state index contributed by atoms with van der Waals surface area (Å²) in [6.07, 6.45) is 3.39. The topological polar surface area (TPSA) is 99.0 Å². The Balaban J connectivity index is 2.46. The van der Waals surface area contributed by atoms with Gasteiger partial charge in [0.15, 0.2) is 6.29 Å². The zero-order chi connectivity index (χ0) is 20.7. The molecule has 6 atom stereocenters. The summed E-state index contributed by atoms with van der Waals surface area (Å²) in [5.74, 6) is 0.557. The Morgan fingerprint density at radius 2 is 1.89 bits per heavy atom. The molecule has 0 saturated heterocycles. The van der Waals surface area contributed by atoms with Crippen LogP contribution in [0.1, 0.15) is 66.7 Å². The Hall–Kier alpha value is -1.05. The molecule has 156 valence electrons. The minimum atomic E-state index is -1.50. The summed E-state index contributed by atoms with van der Waals surface area (Å²) in [7, 11) is -1.50. The Kier molecular flexibility index (Phi) is 9.84. The molecular formula is C20H36N2O4S. The van der Waals surface area contributed by atoms with E-state index in [4.69, 9.17) is 0 Å². The lowest BCUT2D eigenvalue weighted by atomic mass is 9.66. The molecule has 1 aliphatic rings. The summed E-state index contributed by atoms with van der Waals surface area (Å²) in [6.45, 7) is 12.9. The summed E-state index contributed by atoms with van der Waals surface area (Å²) in [5.41, 5.74) is 0.765. The molecule has 27 heavy (non-hydrogen) atoms. The van der Waals surface area contributed by atoms with Gasteiger partial charge in [0.25, 0.3) is 5.91 Å². The number of carbonyl (C=O) groups is 1. The van der Waals surface area contributed by atoms with E-state index in [2.05, 4.69) is 23.2 Å². The minimum Gasteiger partial charge on any atom is -0.368 e. The first-order chi connectivity index (χ1) is 12.5. The number of carbonyl (C=O) groups excluding carboxylic acids is 1. The fraction of sp³-hybridized carbons (Fsp3) is 0.800. The highest BCUT2D eigenvalue weighted by molar-refractivity contribution is 7.84. The van der Waals surface area contributed by atoms with Crippen molar-refractivity contribution in [3.05, 3.63) is 12.3 Å². The Morgan fingerprint density at radius 3 is 2.33 bits per heavy atom. The van der Waals surface area contributed by atoms with E-state index in [0.29, 0.717) is 17.5 Å². The smallest absolute Gasteiger partial charge is 0.277 e. The van der Waals surface area contributed by atoms with Crippen molar-refractivity contribution in [3.63, 3.8) is 0 Å². The predicted molar refractivity (Wildman–Crippen MR) is 110 cm³/mol. The van der Waals surface area contributed by atoms with Crippen LogP contribution < -0.4 is 4.72 Å². The lowest BCUT2D eigenvalue weighted by Crippen LogP contribution is -2.38. The molecule has 1 rings (SSSR count). The van der Waals surface area contributed by atoms with Gasteiger partial charge in [-0.3, -0.25) is 14.5 Å². The summed E-state index contributed by atoms with van der Waals surface area (Å²) in [4.78, 5) is 16.0. The van der Waals surface area contributed by atoms with Crippen molar-refractivity contribution in [2.24, 2.45) is 28.7 Å². The van der Waals surface area contributed by atoms with Crippen molar-refractivity contribution in [1.82, 2.24) is 4.72 Å². The van der Waals surface area contributed by atoms with E-state index in [1.165, 1.54) is 0 Å². The van der Waals surface area contributed by atoms with Crippen LogP contribution in [0.25, 0.3) is 0 Å². The second kappa shape index (κ2) is 11.1. The molecule has 0 aromatic carbocycles. The molecule has 1 aliphatic carbocycles. The van der Waals surface area contributed by atoms with Crippen LogP contribution >= 0.6 is 0 Å². The number of aliphatic hydroxyl groups is 2. The maximum absolute atomic E-state index is 12.4. The molecule has 1 amide bonds. The SMILES string of the molecule is C=C(C)N=C(C)C(=O)NS(=O)C(C)C(C)CCCC(C(O)O)C1CCC1C. The number of rotatable bonds is 11. The van der Waals surface area contributed by atoms with E-state index in [9.17, 15) is 19.2 Å². The Morgan fingerprint density at radius 1 is 1.26 bits per heavy atom. The fourth-order valence-electron chi connectivity index (χ4n) is 3.63. The summed E-state index contributed by atoms with van der Waals surface area (Å²) in [5, 5.41) is 19.2. The summed E-state index contributed by atoms with van der Waals surface area (Å²) < 4.78 is 14.9. The van der Waals surface area contributed by atoms with Crippen molar-refractivity contribution in [2.45, 2.75) is 78.3 Å². The Labute approximate surface area is 166 Å². The molecule has 3 N–H and O–H groups in total. The van der Waals surface area contributed by atoms with Crippen molar-refractivity contribution in [2.75, 3.05) is 0 Å². The normalized spacial score (nSPS) is 24.7. The average Bonchev–Trinajstić information content (AvgIpc) is 2.57. The number of aliphatic hydroxyl groups excluding tert-OH is 1. The van der Waals surface area contributed by atoms with Crippen molar-refractivity contribution in [1.29, 1.82) is 0 Å². The zero-order valence-corrected chi connectivity index (χ0v) is 18.1. The quantitative estimate of drug-likeness (QED) is 0.367. The molecule has 0 aromatic rings. The van der Waals surface area contributed by atoms with Crippen molar-refractivity contribution >= 4 is 22.6 Å². The van der Waals surface area contributed by atoms with Crippen LogP contribution in [0, 0.1) is 23.7 Å². The highest BCUT2D eigenvalue weighted by atomic mass is 32.2. The van der Waals surface area contributed by atoms with Crippen LogP contribution in [0.3, 0.4) is 0 Å². The number of hydrogen-bond donors (Lipinski definition) is 3. The minimum absolute atomic E-state index is 0.0811. The monoisotopic (exact) mass is 400 g/mol. The summed E-state index contributed by atoms with van der Waals surface area (Å²) in [6, 6.07) is 0. The molecule has 6 nitrogen and oxygen atoms in total. The van der Waals surface area contributed by atoms with Crippen LogP contribution in [0.4, 0.5) is 0 Å². The molecule has 1 fully saturated rings. The molecule has 6 unspecified atom stereocenters. The van der Waals surface area contributed by atoms with E-state index in [0.717, 1.165) is 32.1 Å². The maximum Gasteiger partial charge on any atom is 0.277 e. The number of hydrogen-bond acceptors (Lipinski definition) is 5. The third kappa shape index (κ3) is 7.47. The van der Waals surface area contributed by atoms with Crippen LogP contribution in [-0.2, 0) is 15.8 Å². The molecule has 1 saturated carbocycles. The third-order valence-electron chi connectivity index (χ3n) is 5.84. The highest BCUT2D eigenvalue weighted by Gasteiger charge is 2.36. The standard InChI is InChI=1S/C20H36N2O4S/c1-12(2)21-15(5)19(23)22-27(26)16(6)13(3)8-7-9-18(20(24)25)17-11-10-14(17)4/h13-14,16-18,20,24-25H,1,7-11H2,2-6H3,(H,22,23). The second-order valence-corrected chi connectivity index (χ2v) is 9.61. The molecule has 7 heteroatoms. The van der Waals surface area contributed by atoms with Gasteiger partial charge in [0.1, 0.15) is 16.7 Å². The molecule has 0 aromatic heterocycles. The van der Waals surface area contributed by atoms with Gasteiger partial charge in [-0.1, -0.05) is 33.3 Å². The van der Waals surface area contributed by atoms with Crippen molar-refractivity contribution < 1.29 is 19.2 Å². The maximum atomic E-state index is 12.4. The molecule has 0 heterocycles. The van der Waals surface area contributed by atoms with E-state index >= 15 is 0 Å². The first kappa shape index (κ1) is 24.0. The van der Waals surface area contributed by atoms with Gasteiger partial charge in [0.2, 0.25) is 0 Å². The number of nitrogens with one attached hydrogen (secondary N) is 1. The number of allylic oxidation sites excluding steroid dienone is 1. The zero-order valence-electron chi connectivity index (χ0n) is 17.3. The van der Waals surface area contributed by atoms with E-state index < -0.39 is 23.2 Å². The van der Waals surface area contributed by atoms with Crippen molar-refractivity contribution in [3.8, 4) is 0 Å². The first-order valence-electron chi connectivity index (χ1n) is 9.83. The van der Waals surface area contributed by atoms with Crippen LogP contribution in [-0.4, -0.2) is 37.6 Å². The number of nitrogens with zero attached hydrogens (tertiary/aromatic N) is 1. The van der Waals surface area contributed by atoms with Gasteiger partial charge in [0.05, 0.1) is 5.25 Å². The van der Waals surface area contributed by atoms with E-state index in [1.54, 1.807) is 13.8 Å². The number of aliphatic imine (C=N–C) groups is 1. The van der Waals surface area contributed by atoms with Gasteiger partial charge < -0.3 is 10.2 Å². The summed E-state index contributed by atoms with van der Waals surface area (Å²) >= 11 is 0. The van der Waals surface area contributed by atoms with E-state index in [1.807, 2.05) is 13.8 Å². The highest BCUT2D eigenvalue weighted by Crippen LogP contribution is 2.42. The van der Waals surface area contributed by atoms with Crippen LogP contribution in [0.2, 0.25) is 0 Å². The third-order valence-corrected chi connectivity index (χ3v) is 7.36. The van der Waals surface area contributed by atoms with Gasteiger partial charge in [0, 0.05) is 11.6 Å². The van der Waals surface area contributed by atoms with Gasteiger partial charge in [-0.2, -0.15) is 0 Å². The molecule has 0 aliphatic heterocycles. The van der Waals surface area contributed by atoms with Gasteiger partial charge in [-0.25, -0.2) is 4.21 Å². The molecule has 0 bridgehead atoms. The lowest BCUT2D eigenvalue weighted by Gasteiger charge is -2.41. The Bertz CT molecular complexity index is 576. The second-order valence-electron chi connectivity index (χ2n) is 8.07. The number of amides is 1. The van der Waals surface area contributed by atoms with Gasteiger partial charge >= 0.3 is 0 Å². The first-order valence-corrected chi connectivity index (χ1v) is 11.0. The average molecular weight is 401 g/mol. The fourth-order valence-corrected chi connectivity index (χ4v) is 4.70. The van der Waals surface area contributed by atoms with Crippen LogP contribution in [0.5, 0.6) is 0 Å². The molecule has 0 radical (unpaired) electrons. The molecule has 0 spiro atoms. The van der Waals surface area contributed by atoms with Gasteiger partial charge in [-0.15, -0.1) is 0 Å². The van der Waals surface area contributed by atoms with E-state index in [-0.39, 0.29) is 22.8 Å². The van der Waals surface area contributed by atoms with Gasteiger partial charge in [-0.05, 0) is 57.8 Å².